The predicted octanol–water partition coefficient (Wildman–Crippen LogP) is 2.64. The summed E-state index contributed by atoms with van der Waals surface area (Å²) >= 11 is 0. The van der Waals surface area contributed by atoms with Crippen molar-refractivity contribution >= 4 is 22.1 Å². The fourth-order valence-corrected chi connectivity index (χ4v) is 3.63. The molecule has 1 amide bonds. The van der Waals surface area contributed by atoms with E-state index in [1.165, 1.54) is 25.4 Å². The summed E-state index contributed by atoms with van der Waals surface area (Å²) in [7, 11) is -2.40. The summed E-state index contributed by atoms with van der Waals surface area (Å²) < 4.78 is 37.1. The van der Waals surface area contributed by atoms with Crippen molar-refractivity contribution in [1.82, 2.24) is 9.73 Å². The van der Waals surface area contributed by atoms with Crippen LogP contribution < -0.4 is 14.9 Å². The molecule has 0 fully saturated rings. The van der Waals surface area contributed by atoms with E-state index < -0.39 is 15.9 Å². The normalized spacial score (nSPS) is 11.6. The van der Waals surface area contributed by atoms with Crippen molar-refractivity contribution in [3.63, 3.8) is 0 Å². The van der Waals surface area contributed by atoms with E-state index in [0.29, 0.717) is 30.3 Å². The summed E-state index contributed by atoms with van der Waals surface area (Å²) in [6, 6.07) is 13.3. The zero-order valence-corrected chi connectivity index (χ0v) is 18.2. The first-order chi connectivity index (χ1) is 14.4. The van der Waals surface area contributed by atoms with E-state index in [0.717, 1.165) is 10.7 Å². The number of nitrogens with zero attached hydrogens (tertiary/aromatic N) is 2. The van der Waals surface area contributed by atoms with Crippen LogP contribution in [-0.2, 0) is 14.8 Å². The number of nitrogens with one attached hydrogen (secondary N) is 1. The number of likely N-dealkylation sites (N-methyl/N-ethyl adjacent to an activating group) is 1. The number of sulfonamides is 1. The molecule has 0 bridgehead atoms. The summed E-state index contributed by atoms with van der Waals surface area (Å²) in [6.07, 6.45) is 2.34. The Bertz CT molecular complexity index is 962. The molecule has 2 aromatic carbocycles. The Morgan fingerprint density at radius 2 is 1.83 bits per heavy atom. The Kier molecular flexibility index (Phi) is 8.82. The van der Waals surface area contributed by atoms with Gasteiger partial charge in [-0.3, -0.25) is 4.79 Å². The summed E-state index contributed by atoms with van der Waals surface area (Å²) in [4.78, 5) is 12.2. The molecule has 0 aliphatic carbocycles. The van der Waals surface area contributed by atoms with Crippen LogP contribution in [0.1, 0.15) is 25.8 Å². The number of hydrazone groups is 1. The third-order valence-electron chi connectivity index (χ3n) is 3.95. The molecule has 2 rings (SSSR count). The van der Waals surface area contributed by atoms with Crippen LogP contribution in [0, 0.1) is 0 Å². The van der Waals surface area contributed by atoms with Gasteiger partial charge in [0.2, 0.25) is 10.0 Å². The van der Waals surface area contributed by atoms with E-state index in [9.17, 15) is 13.2 Å². The highest BCUT2D eigenvalue weighted by Crippen LogP contribution is 2.28. The van der Waals surface area contributed by atoms with Crippen molar-refractivity contribution in [2.75, 3.05) is 26.8 Å². The summed E-state index contributed by atoms with van der Waals surface area (Å²) in [5.41, 5.74) is 3.04. The minimum Gasteiger partial charge on any atom is -0.490 e. The SMILES string of the molecule is CCCOc1ccc(/C=N\NC(=O)CN(C)S(=O)(=O)c2ccccc2)cc1OCC. The molecule has 1 N–H and O–H groups in total. The van der Waals surface area contributed by atoms with Crippen molar-refractivity contribution in [3.8, 4) is 11.5 Å². The molecule has 0 unspecified atom stereocenters. The number of carbonyl (C=O) groups is 1. The minimum atomic E-state index is -3.75. The lowest BCUT2D eigenvalue weighted by Gasteiger charge is -2.15. The Hall–Kier alpha value is -2.91. The third-order valence-corrected chi connectivity index (χ3v) is 5.77. The van der Waals surface area contributed by atoms with E-state index in [-0.39, 0.29) is 11.4 Å². The molecule has 9 heteroatoms. The Balaban J connectivity index is 1.97. The standard InChI is InChI=1S/C21H27N3O5S/c1-4-13-29-19-12-11-17(14-20(19)28-5-2)15-22-23-21(25)16-24(3)30(26,27)18-9-7-6-8-10-18/h6-12,14-15H,4-5,13,16H2,1-3H3,(H,23,25)/b22-15-. The number of ether oxygens (including phenoxy) is 2. The highest BCUT2D eigenvalue weighted by Gasteiger charge is 2.22. The van der Waals surface area contributed by atoms with E-state index in [1.54, 1.807) is 36.4 Å². The molecule has 30 heavy (non-hydrogen) atoms. The van der Waals surface area contributed by atoms with Crippen LogP contribution in [0.3, 0.4) is 0 Å². The van der Waals surface area contributed by atoms with Gasteiger partial charge in [-0.15, -0.1) is 0 Å². The molecule has 2 aromatic rings. The molecule has 0 aromatic heterocycles. The van der Waals surface area contributed by atoms with Gasteiger partial charge in [-0.05, 0) is 49.2 Å². The van der Waals surface area contributed by atoms with Crippen LogP contribution in [0.4, 0.5) is 0 Å². The number of hydrogen-bond donors (Lipinski definition) is 1. The second-order valence-electron chi connectivity index (χ2n) is 6.35. The van der Waals surface area contributed by atoms with Gasteiger partial charge in [0.15, 0.2) is 11.5 Å². The van der Waals surface area contributed by atoms with Crippen molar-refractivity contribution in [1.29, 1.82) is 0 Å². The third kappa shape index (κ3) is 6.57. The first kappa shape index (κ1) is 23.4. The number of rotatable bonds is 11. The molecule has 0 heterocycles. The fourth-order valence-electron chi connectivity index (χ4n) is 2.48. The monoisotopic (exact) mass is 433 g/mol. The summed E-state index contributed by atoms with van der Waals surface area (Å²) in [5.74, 6) is 0.684. The largest absolute Gasteiger partial charge is 0.490 e. The van der Waals surface area contributed by atoms with Gasteiger partial charge >= 0.3 is 0 Å². The summed E-state index contributed by atoms with van der Waals surface area (Å²) in [5, 5.41) is 3.90. The van der Waals surface area contributed by atoms with Gasteiger partial charge in [0.25, 0.3) is 5.91 Å². The lowest BCUT2D eigenvalue weighted by atomic mass is 10.2. The Morgan fingerprint density at radius 1 is 1.10 bits per heavy atom. The van der Waals surface area contributed by atoms with Crippen molar-refractivity contribution in [2.45, 2.75) is 25.2 Å². The molecule has 8 nitrogen and oxygen atoms in total. The average Bonchev–Trinajstić information content (AvgIpc) is 2.74. The number of benzene rings is 2. The molecular formula is C21H27N3O5S. The van der Waals surface area contributed by atoms with Gasteiger partial charge in [0.05, 0.1) is 30.9 Å². The van der Waals surface area contributed by atoms with Gasteiger partial charge in [-0.2, -0.15) is 9.41 Å². The topological polar surface area (TPSA) is 97.3 Å². The smallest absolute Gasteiger partial charge is 0.255 e. The second kappa shape index (κ2) is 11.3. The number of amides is 1. The molecule has 0 radical (unpaired) electrons. The first-order valence-corrected chi connectivity index (χ1v) is 11.1. The van der Waals surface area contributed by atoms with Crippen molar-refractivity contribution < 1.29 is 22.7 Å². The van der Waals surface area contributed by atoms with Crippen LogP contribution in [0.15, 0.2) is 58.5 Å². The molecule has 162 valence electrons. The zero-order chi connectivity index (χ0) is 22.0. The van der Waals surface area contributed by atoms with Crippen LogP contribution in [0.2, 0.25) is 0 Å². The lowest BCUT2D eigenvalue weighted by molar-refractivity contribution is -0.121. The van der Waals surface area contributed by atoms with E-state index >= 15 is 0 Å². The predicted molar refractivity (Wildman–Crippen MR) is 115 cm³/mol. The maximum atomic E-state index is 12.5. The molecule has 0 saturated heterocycles. The summed E-state index contributed by atoms with van der Waals surface area (Å²) in [6.45, 7) is 4.62. The van der Waals surface area contributed by atoms with Crippen LogP contribution in [-0.4, -0.2) is 51.7 Å². The first-order valence-electron chi connectivity index (χ1n) is 9.61. The number of carbonyl (C=O) groups excluding carboxylic acids is 1. The molecule has 0 aliphatic heterocycles. The molecule has 0 saturated carbocycles. The maximum absolute atomic E-state index is 12.5. The van der Waals surface area contributed by atoms with E-state index in [1.807, 2.05) is 13.8 Å². The van der Waals surface area contributed by atoms with Gasteiger partial charge in [-0.25, -0.2) is 13.8 Å². The Labute approximate surface area is 177 Å². The quantitative estimate of drug-likeness (QED) is 0.434. The van der Waals surface area contributed by atoms with Gasteiger partial charge < -0.3 is 9.47 Å². The van der Waals surface area contributed by atoms with E-state index in [2.05, 4.69) is 10.5 Å². The lowest BCUT2D eigenvalue weighted by Crippen LogP contribution is -2.36. The van der Waals surface area contributed by atoms with E-state index in [4.69, 9.17) is 9.47 Å². The molecular weight excluding hydrogens is 406 g/mol. The fraction of sp³-hybridized carbons (Fsp3) is 0.333. The van der Waals surface area contributed by atoms with Gasteiger partial charge in [0.1, 0.15) is 0 Å². The van der Waals surface area contributed by atoms with Crippen molar-refractivity contribution in [2.24, 2.45) is 5.10 Å². The molecule has 0 atom stereocenters. The highest BCUT2D eigenvalue weighted by atomic mass is 32.2. The van der Waals surface area contributed by atoms with Crippen LogP contribution in [0.5, 0.6) is 11.5 Å². The van der Waals surface area contributed by atoms with Gasteiger partial charge in [0, 0.05) is 7.05 Å². The average molecular weight is 434 g/mol. The zero-order valence-electron chi connectivity index (χ0n) is 17.4. The molecule has 0 aliphatic rings. The van der Waals surface area contributed by atoms with Gasteiger partial charge in [-0.1, -0.05) is 25.1 Å². The minimum absolute atomic E-state index is 0.123. The van der Waals surface area contributed by atoms with Crippen LogP contribution in [0.25, 0.3) is 0 Å². The molecule has 0 spiro atoms. The highest BCUT2D eigenvalue weighted by molar-refractivity contribution is 7.89. The second-order valence-corrected chi connectivity index (χ2v) is 8.40. The maximum Gasteiger partial charge on any atom is 0.255 e. The van der Waals surface area contributed by atoms with Crippen molar-refractivity contribution in [3.05, 3.63) is 54.1 Å². The Morgan fingerprint density at radius 3 is 2.50 bits per heavy atom. The number of hydrogen-bond acceptors (Lipinski definition) is 6. The van der Waals surface area contributed by atoms with Crippen LogP contribution >= 0.6 is 0 Å².